The molecule has 1 aromatic rings. The molecule has 1 aromatic carbocycles. The van der Waals surface area contributed by atoms with Crippen LogP contribution in [-0.4, -0.2) is 5.97 Å². The fraction of sp³-hybridized carbons (Fsp3) is 0.533. The van der Waals surface area contributed by atoms with E-state index in [0.717, 1.165) is 18.4 Å². The minimum atomic E-state index is -0.115. The van der Waals surface area contributed by atoms with Gasteiger partial charge >= 0.3 is 5.97 Å². The normalized spacial score (nSPS) is 12.1. The lowest BCUT2D eigenvalue weighted by Crippen LogP contribution is -2.10. The first-order valence-corrected chi connectivity index (χ1v) is 6.52. The third-order valence-corrected chi connectivity index (χ3v) is 2.80. The van der Waals surface area contributed by atoms with E-state index in [2.05, 4.69) is 6.92 Å². The van der Waals surface area contributed by atoms with Gasteiger partial charge in [0.1, 0.15) is 6.10 Å². The SMILES string of the molecule is CCCCCC(OC(=O)CC)c1ccccc1. The van der Waals surface area contributed by atoms with Crippen LogP contribution in [0.1, 0.15) is 57.6 Å². The number of rotatable bonds is 7. The van der Waals surface area contributed by atoms with Crippen molar-refractivity contribution in [3.8, 4) is 0 Å². The minimum absolute atomic E-state index is 0.0739. The molecule has 0 bridgehead atoms. The second-order valence-corrected chi connectivity index (χ2v) is 4.24. The largest absolute Gasteiger partial charge is 0.457 e. The summed E-state index contributed by atoms with van der Waals surface area (Å²) in [6, 6.07) is 10.0. The van der Waals surface area contributed by atoms with Crippen molar-refractivity contribution in [1.29, 1.82) is 0 Å². The number of unbranched alkanes of at least 4 members (excludes halogenated alkanes) is 2. The third-order valence-electron chi connectivity index (χ3n) is 2.80. The Labute approximate surface area is 104 Å². The number of hydrogen-bond donors (Lipinski definition) is 0. The Morgan fingerprint density at radius 3 is 2.47 bits per heavy atom. The van der Waals surface area contributed by atoms with E-state index in [1.54, 1.807) is 0 Å². The van der Waals surface area contributed by atoms with Gasteiger partial charge in [-0.25, -0.2) is 0 Å². The van der Waals surface area contributed by atoms with E-state index < -0.39 is 0 Å². The fourth-order valence-electron chi connectivity index (χ4n) is 1.78. The topological polar surface area (TPSA) is 26.3 Å². The van der Waals surface area contributed by atoms with Crippen molar-refractivity contribution in [3.63, 3.8) is 0 Å². The molecule has 0 aromatic heterocycles. The van der Waals surface area contributed by atoms with Crippen LogP contribution in [0.3, 0.4) is 0 Å². The van der Waals surface area contributed by atoms with Crippen LogP contribution in [0.15, 0.2) is 30.3 Å². The van der Waals surface area contributed by atoms with Gasteiger partial charge in [-0.15, -0.1) is 0 Å². The molecule has 0 saturated carbocycles. The molecule has 2 heteroatoms. The molecule has 1 atom stereocenters. The van der Waals surface area contributed by atoms with E-state index in [-0.39, 0.29) is 12.1 Å². The zero-order valence-corrected chi connectivity index (χ0v) is 10.8. The molecule has 0 aliphatic heterocycles. The van der Waals surface area contributed by atoms with E-state index in [0.29, 0.717) is 6.42 Å². The number of carbonyl (C=O) groups excluding carboxylic acids is 1. The van der Waals surface area contributed by atoms with Crippen molar-refractivity contribution in [2.45, 2.75) is 52.1 Å². The van der Waals surface area contributed by atoms with E-state index in [1.807, 2.05) is 37.3 Å². The highest BCUT2D eigenvalue weighted by atomic mass is 16.5. The molecule has 0 heterocycles. The Bertz CT molecular complexity index is 319. The summed E-state index contributed by atoms with van der Waals surface area (Å²) in [7, 11) is 0. The molecule has 17 heavy (non-hydrogen) atoms. The number of benzene rings is 1. The Morgan fingerprint density at radius 2 is 1.88 bits per heavy atom. The molecule has 2 nitrogen and oxygen atoms in total. The maximum atomic E-state index is 11.4. The first kappa shape index (κ1) is 13.8. The maximum Gasteiger partial charge on any atom is 0.306 e. The Balaban J connectivity index is 2.61. The van der Waals surface area contributed by atoms with Gasteiger partial charge < -0.3 is 4.74 Å². The lowest BCUT2D eigenvalue weighted by Gasteiger charge is -2.17. The molecule has 1 rings (SSSR count). The van der Waals surface area contributed by atoms with Crippen molar-refractivity contribution in [3.05, 3.63) is 35.9 Å². The van der Waals surface area contributed by atoms with Gasteiger partial charge in [0.2, 0.25) is 0 Å². The molecule has 0 N–H and O–H groups in total. The molecular formula is C15H22O2. The molecular weight excluding hydrogens is 212 g/mol. The molecule has 0 radical (unpaired) electrons. The summed E-state index contributed by atoms with van der Waals surface area (Å²) < 4.78 is 5.49. The van der Waals surface area contributed by atoms with Gasteiger partial charge in [0.25, 0.3) is 0 Å². The first-order valence-electron chi connectivity index (χ1n) is 6.52. The first-order chi connectivity index (χ1) is 8.27. The molecule has 0 fully saturated rings. The number of carbonyl (C=O) groups is 1. The third kappa shape index (κ3) is 5.03. The van der Waals surface area contributed by atoms with Crippen molar-refractivity contribution in [2.75, 3.05) is 0 Å². The molecule has 1 unspecified atom stereocenters. The van der Waals surface area contributed by atoms with Gasteiger partial charge in [-0.1, -0.05) is 57.0 Å². The summed E-state index contributed by atoms with van der Waals surface area (Å²) in [5.41, 5.74) is 1.10. The van der Waals surface area contributed by atoms with Gasteiger partial charge in [-0.2, -0.15) is 0 Å². The van der Waals surface area contributed by atoms with Crippen LogP contribution < -0.4 is 0 Å². The van der Waals surface area contributed by atoms with Gasteiger partial charge in [0, 0.05) is 6.42 Å². The van der Waals surface area contributed by atoms with Crippen molar-refractivity contribution in [2.24, 2.45) is 0 Å². The number of ether oxygens (including phenoxy) is 1. The average molecular weight is 234 g/mol. The van der Waals surface area contributed by atoms with Crippen LogP contribution in [0.5, 0.6) is 0 Å². The van der Waals surface area contributed by atoms with Crippen LogP contribution in [-0.2, 0) is 9.53 Å². The van der Waals surface area contributed by atoms with Crippen LogP contribution in [0.4, 0.5) is 0 Å². The van der Waals surface area contributed by atoms with Crippen LogP contribution in [0.2, 0.25) is 0 Å². The van der Waals surface area contributed by atoms with Crippen molar-refractivity contribution >= 4 is 5.97 Å². The van der Waals surface area contributed by atoms with E-state index in [4.69, 9.17) is 4.74 Å². The van der Waals surface area contributed by atoms with Crippen LogP contribution in [0.25, 0.3) is 0 Å². The van der Waals surface area contributed by atoms with Crippen LogP contribution in [0, 0.1) is 0 Å². The lowest BCUT2D eigenvalue weighted by molar-refractivity contribution is -0.149. The van der Waals surface area contributed by atoms with Gasteiger partial charge in [-0.3, -0.25) is 4.79 Å². The van der Waals surface area contributed by atoms with Gasteiger partial charge in [0.15, 0.2) is 0 Å². The summed E-state index contributed by atoms with van der Waals surface area (Å²) in [5.74, 6) is -0.115. The smallest absolute Gasteiger partial charge is 0.306 e. The Kier molecular flexibility index (Phi) is 6.38. The molecule has 0 saturated heterocycles. The quantitative estimate of drug-likeness (QED) is 0.520. The summed E-state index contributed by atoms with van der Waals surface area (Å²) >= 11 is 0. The predicted octanol–water partition coefficient (Wildman–Crippen LogP) is 4.26. The highest BCUT2D eigenvalue weighted by Gasteiger charge is 2.14. The molecule has 0 spiro atoms. The van der Waals surface area contributed by atoms with Crippen molar-refractivity contribution in [1.82, 2.24) is 0 Å². The monoisotopic (exact) mass is 234 g/mol. The van der Waals surface area contributed by atoms with Gasteiger partial charge in [-0.05, 0) is 18.4 Å². The summed E-state index contributed by atoms with van der Waals surface area (Å²) in [6.07, 6.45) is 4.76. The molecule has 0 aliphatic rings. The fourth-order valence-corrected chi connectivity index (χ4v) is 1.78. The summed E-state index contributed by atoms with van der Waals surface area (Å²) in [4.78, 5) is 11.4. The highest BCUT2D eigenvalue weighted by Crippen LogP contribution is 2.24. The zero-order chi connectivity index (χ0) is 12.5. The zero-order valence-electron chi connectivity index (χ0n) is 10.8. The number of esters is 1. The molecule has 0 amide bonds. The molecule has 94 valence electrons. The highest BCUT2D eigenvalue weighted by molar-refractivity contribution is 5.69. The molecule has 0 aliphatic carbocycles. The second kappa shape index (κ2) is 7.88. The standard InChI is InChI=1S/C15H22O2/c1-3-5-7-12-14(17-15(16)4-2)13-10-8-6-9-11-13/h6,8-11,14H,3-5,7,12H2,1-2H3. The Hall–Kier alpha value is -1.31. The summed E-state index contributed by atoms with van der Waals surface area (Å²) in [6.45, 7) is 4.01. The van der Waals surface area contributed by atoms with E-state index in [9.17, 15) is 4.79 Å². The Morgan fingerprint density at radius 1 is 1.18 bits per heavy atom. The second-order valence-electron chi connectivity index (χ2n) is 4.24. The summed E-state index contributed by atoms with van der Waals surface area (Å²) in [5, 5.41) is 0. The average Bonchev–Trinajstić information content (AvgIpc) is 2.38. The van der Waals surface area contributed by atoms with E-state index >= 15 is 0 Å². The van der Waals surface area contributed by atoms with Gasteiger partial charge in [0.05, 0.1) is 0 Å². The van der Waals surface area contributed by atoms with Crippen LogP contribution >= 0.6 is 0 Å². The van der Waals surface area contributed by atoms with E-state index in [1.165, 1.54) is 12.8 Å². The number of hydrogen-bond acceptors (Lipinski definition) is 2. The maximum absolute atomic E-state index is 11.4. The van der Waals surface area contributed by atoms with Crippen molar-refractivity contribution < 1.29 is 9.53 Å². The lowest BCUT2D eigenvalue weighted by atomic mass is 10.0. The predicted molar refractivity (Wildman–Crippen MR) is 69.7 cm³/mol. The minimum Gasteiger partial charge on any atom is -0.457 e.